The summed E-state index contributed by atoms with van der Waals surface area (Å²) in [7, 11) is 0. The Morgan fingerprint density at radius 2 is 2.04 bits per heavy atom. The number of ether oxygens (including phenoxy) is 1. The third-order valence-electron chi connectivity index (χ3n) is 4.10. The van der Waals surface area contributed by atoms with Gasteiger partial charge in [-0.15, -0.1) is 18.3 Å². The lowest BCUT2D eigenvalue weighted by molar-refractivity contribution is -0.132. The van der Waals surface area contributed by atoms with E-state index in [1.54, 1.807) is 6.08 Å². The largest absolute Gasteiger partial charge is 0.377 e. The Morgan fingerprint density at radius 3 is 2.74 bits per heavy atom. The Labute approximate surface area is 144 Å². The van der Waals surface area contributed by atoms with Gasteiger partial charge in [-0.25, -0.2) is 0 Å². The first-order valence-electron chi connectivity index (χ1n) is 8.44. The number of thioether (sulfide) groups is 1. The number of benzene rings is 1. The van der Waals surface area contributed by atoms with E-state index >= 15 is 0 Å². The van der Waals surface area contributed by atoms with Crippen LogP contribution in [-0.4, -0.2) is 42.9 Å². The second kappa shape index (κ2) is 10.5. The van der Waals surface area contributed by atoms with Crippen LogP contribution in [0.15, 0.2) is 47.9 Å². The van der Waals surface area contributed by atoms with Crippen LogP contribution in [0.5, 0.6) is 0 Å². The molecule has 0 unspecified atom stereocenters. The molecule has 1 aliphatic rings. The molecule has 1 saturated heterocycles. The van der Waals surface area contributed by atoms with Gasteiger partial charge in [0.2, 0.25) is 5.91 Å². The monoisotopic (exact) mass is 333 g/mol. The Kier molecular flexibility index (Phi) is 8.26. The van der Waals surface area contributed by atoms with E-state index in [1.807, 2.05) is 22.7 Å². The molecule has 23 heavy (non-hydrogen) atoms. The molecule has 1 fully saturated rings. The average molecular weight is 333 g/mol. The third kappa shape index (κ3) is 6.80. The van der Waals surface area contributed by atoms with Gasteiger partial charge in [-0.05, 0) is 43.1 Å². The summed E-state index contributed by atoms with van der Waals surface area (Å²) in [6.45, 7) is 6.83. The normalized spacial score (nSPS) is 15.6. The van der Waals surface area contributed by atoms with Gasteiger partial charge in [-0.3, -0.25) is 4.79 Å². The smallest absolute Gasteiger partial charge is 0.222 e. The van der Waals surface area contributed by atoms with Crippen molar-refractivity contribution in [2.75, 3.05) is 32.1 Å². The number of carbonyl (C=O) groups is 1. The van der Waals surface area contributed by atoms with Crippen molar-refractivity contribution in [3.63, 3.8) is 0 Å². The minimum atomic E-state index is 0.309. The van der Waals surface area contributed by atoms with E-state index in [4.69, 9.17) is 4.74 Å². The van der Waals surface area contributed by atoms with Crippen LogP contribution in [0.4, 0.5) is 0 Å². The van der Waals surface area contributed by atoms with Gasteiger partial charge in [0.25, 0.3) is 0 Å². The molecule has 0 N–H and O–H groups in total. The van der Waals surface area contributed by atoms with Crippen molar-refractivity contribution in [3.8, 4) is 0 Å². The minimum Gasteiger partial charge on any atom is -0.377 e. The molecule has 0 spiro atoms. The summed E-state index contributed by atoms with van der Waals surface area (Å²) in [5, 5.41) is 0. The van der Waals surface area contributed by atoms with Gasteiger partial charge in [0, 0.05) is 31.0 Å². The van der Waals surface area contributed by atoms with Crippen LogP contribution < -0.4 is 0 Å². The highest BCUT2D eigenvalue weighted by Crippen LogP contribution is 2.21. The maximum atomic E-state index is 12.2. The van der Waals surface area contributed by atoms with Gasteiger partial charge >= 0.3 is 0 Å². The summed E-state index contributed by atoms with van der Waals surface area (Å²) in [6, 6.07) is 10.4. The van der Waals surface area contributed by atoms with Gasteiger partial charge in [-0.1, -0.05) is 24.3 Å². The second-order valence-corrected chi connectivity index (χ2v) is 7.08. The molecular weight excluding hydrogens is 306 g/mol. The predicted molar refractivity (Wildman–Crippen MR) is 96.7 cm³/mol. The van der Waals surface area contributed by atoms with E-state index < -0.39 is 0 Å². The Bertz CT molecular complexity index is 470. The van der Waals surface area contributed by atoms with Crippen LogP contribution in [0.2, 0.25) is 0 Å². The first kappa shape index (κ1) is 18.1. The first-order valence-corrected chi connectivity index (χ1v) is 9.42. The quantitative estimate of drug-likeness (QED) is 0.389. The van der Waals surface area contributed by atoms with E-state index in [2.05, 4.69) is 30.8 Å². The number of likely N-dealkylation sites (tertiary alicyclic amines) is 1. The number of rotatable bonds is 9. The van der Waals surface area contributed by atoms with Crippen LogP contribution in [0.3, 0.4) is 0 Å². The fraction of sp³-hybridized carbons (Fsp3) is 0.526. The summed E-state index contributed by atoms with van der Waals surface area (Å²) < 4.78 is 5.52. The molecule has 0 aliphatic carbocycles. The highest BCUT2D eigenvalue weighted by atomic mass is 32.2. The molecule has 1 aromatic rings. The van der Waals surface area contributed by atoms with E-state index in [0.29, 0.717) is 24.9 Å². The van der Waals surface area contributed by atoms with Gasteiger partial charge in [0.1, 0.15) is 0 Å². The Hall–Kier alpha value is -1.26. The number of hydrogen-bond acceptors (Lipinski definition) is 3. The van der Waals surface area contributed by atoms with E-state index in [0.717, 1.165) is 44.7 Å². The average Bonchev–Trinajstić information content (AvgIpc) is 2.60. The Balaban J connectivity index is 1.57. The lowest BCUT2D eigenvalue weighted by atomic mass is 9.97. The van der Waals surface area contributed by atoms with Gasteiger partial charge in [0.05, 0.1) is 6.61 Å². The van der Waals surface area contributed by atoms with Crippen molar-refractivity contribution in [2.24, 2.45) is 5.92 Å². The van der Waals surface area contributed by atoms with Crippen molar-refractivity contribution in [2.45, 2.75) is 30.6 Å². The van der Waals surface area contributed by atoms with Crippen molar-refractivity contribution in [1.82, 2.24) is 4.90 Å². The molecule has 3 nitrogen and oxygen atoms in total. The van der Waals surface area contributed by atoms with Gasteiger partial charge < -0.3 is 9.64 Å². The van der Waals surface area contributed by atoms with Crippen LogP contribution in [-0.2, 0) is 9.53 Å². The third-order valence-corrected chi connectivity index (χ3v) is 5.20. The molecule has 4 heteroatoms. The molecule has 0 aromatic heterocycles. The van der Waals surface area contributed by atoms with Crippen LogP contribution >= 0.6 is 11.8 Å². The molecule has 1 heterocycles. The van der Waals surface area contributed by atoms with Crippen molar-refractivity contribution in [1.29, 1.82) is 0 Å². The molecule has 0 bridgehead atoms. The standard InChI is InChI=1S/C19H27NO2S/c1-2-14-22-16-17-10-12-20(13-11-17)19(21)9-6-15-23-18-7-4-3-5-8-18/h2-5,7-8,17H,1,6,9-16H2. The minimum absolute atomic E-state index is 0.309. The maximum Gasteiger partial charge on any atom is 0.222 e. The van der Waals surface area contributed by atoms with Crippen LogP contribution in [0.25, 0.3) is 0 Å². The topological polar surface area (TPSA) is 29.5 Å². The molecule has 0 atom stereocenters. The SMILES string of the molecule is C=CCOCC1CCN(C(=O)CCCSc2ccccc2)CC1. The zero-order valence-corrected chi connectivity index (χ0v) is 14.6. The summed E-state index contributed by atoms with van der Waals surface area (Å²) in [4.78, 5) is 15.6. The van der Waals surface area contributed by atoms with Crippen molar-refractivity contribution < 1.29 is 9.53 Å². The van der Waals surface area contributed by atoms with E-state index in [1.165, 1.54) is 4.90 Å². The van der Waals surface area contributed by atoms with Crippen LogP contribution in [0.1, 0.15) is 25.7 Å². The fourth-order valence-corrected chi connectivity index (χ4v) is 3.63. The fourth-order valence-electron chi connectivity index (χ4n) is 2.76. The number of amides is 1. The summed E-state index contributed by atoms with van der Waals surface area (Å²) >= 11 is 1.83. The van der Waals surface area contributed by atoms with Crippen molar-refractivity contribution >= 4 is 17.7 Å². The molecule has 0 saturated carbocycles. The lowest BCUT2D eigenvalue weighted by Gasteiger charge is -2.32. The van der Waals surface area contributed by atoms with Crippen molar-refractivity contribution in [3.05, 3.63) is 43.0 Å². The first-order chi connectivity index (χ1) is 11.3. The summed E-state index contributed by atoms with van der Waals surface area (Å²) in [5.41, 5.74) is 0. The molecule has 2 rings (SSSR count). The predicted octanol–water partition coefficient (Wildman–Crippen LogP) is 4.00. The Morgan fingerprint density at radius 1 is 1.30 bits per heavy atom. The number of piperidine rings is 1. The highest BCUT2D eigenvalue weighted by molar-refractivity contribution is 7.99. The molecule has 126 valence electrons. The number of nitrogens with zero attached hydrogens (tertiary/aromatic N) is 1. The second-order valence-electron chi connectivity index (χ2n) is 5.92. The van der Waals surface area contributed by atoms with E-state index in [-0.39, 0.29) is 0 Å². The molecule has 1 aromatic carbocycles. The van der Waals surface area contributed by atoms with Gasteiger partial charge in [0.15, 0.2) is 0 Å². The highest BCUT2D eigenvalue weighted by Gasteiger charge is 2.22. The summed E-state index contributed by atoms with van der Waals surface area (Å²) in [6.07, 6.45) is 5.51. The lowest BCUT2D eigenvalue weighted by Crippen LogP contribution is -2.39. The number of carbonyl (C=O) groups excluding carboxylic acids is 1. The number of hydrogen-bond donors (Lipinski definition) is 0. The van der Waals surface area contributed by atoms with E-state index in [9.17, 15) is 4.79 Å². The maximum absolute atomic E-state index is 12.2. The molecule has 1 aliphatic heterocycles. The zero-order valence-electron chi connectivity index (χ0n) is 13.8. The van der Waals surface area contributed by atoms with Crippen LogP contribution in [0, 0.1) is 5.92 Å². The molecule has 1 amide bonds. The summed E-state index contributed by atoms with van der Waals surface area (Å²) in [5.74, 6) is 1.90. The molecule has 0 radical (unpaired) electrons. The van der Waals surface area contributed by atoms with Gasteiger partial charge in [-0.2, -0.15) is 0 Å². The zero-order chi connectivity index (χ0) is 16.3. The molecular formula is C19H27NO2S.